The van der Waals surface area contributed by atoms with Gasteiger partial charge in [0.2, 0.25) is 11.8 Å². The van der Waals surface area contributed by atoms with E-state index in [1.165, 1.54) is 0 Å². The van der Waals surface area contributed by atoms with Crippen molar-refractivity contribution < 1.29 is 4.74 Å². The molecule has 1 aromatic carbocycles. The fourth-order valence-corrected chi connectivity index (χ4v) is 3.31. The van der Waals surface area contributed by atoms with Crippen LogP contribution in [-0.4, -0.2) is 39.4 Å². The van der Waals surface area contributed by atoms with Gasteiger partial charge < -0.3 is 9.64 Å². The number of anilines is 1. The number of hydrogen-bond donors (Lipinski definition) is 0. The van der Waals surface area contributed by atoms with Crippen molar-refractivity contribution >= 4 is 16.9 Å². The lowest BCUT2D eigenvalue weighted by molar-refractivity contribution is 0.249. The fourth-order valence-electron chi connectivity index (χ4n) is 3.31. The van der Waals surface area contributed by atoms with Gasteiger partial charge in [0.1, 0.15) is 0 Å². The van der Waals surface area contributed by atoms with Crippen LogP contribution in [0.25, 0.3) is 10.9 Å². The maximum Gasteiger partial charge on any atom is 0.262 e. The van der Waals surface area contributed by atoms with E-state index in [2.05, 4.69) is 15.1 Å². The normalized spacial score (nSPS) is 17.0. The Kier molecular flexibility index (Phi) is 4.28. The van der Waals surface area contributed by atoms with Gasteiger partial charge in [-0.25, -0.2) is 4.98 Å². The molecule has 0 aliphatic carbocycles. The lowest BCUT2D eigenvalue weighted by Gasteiger charge is -2.20. The van der Waals surface area contributed by atoms with Crippen molar-refractivity contribution in [1.82, 2.24) is 19.7 Å². The number of rotatable bonds is 4. The highest BCUT2D eigenvalue weighted by Crippen LogP contribution is 2.23. The van der Waals surface area contributed by atoms with Crippen molar-refractivity contribution in [3.05, 3.63) is 52.4 Å². The number of aromatic nitrogens is 4. The van der Waals surface area contributed by atoms with E-state index >= 15 is 0 Å². The minimum atomic E-state index is -0.0137. The monoisotopic (exact) mass is 351 g/mol. The largest absolute Gasteiger partial charge is 0.476 e. The summed E-state index contributed by atoms with van der Waals surface area (Å²) in [5.74, 6) is 1.62. The molecule has 7 heteroatoms. The third-order valence-electron chi connectivity index (χ3n) is 4.77. The van der Waals surface area contributed by atoms with E-state index in [-0.39, 0.29) is 5.56 Å². The molecule has 1 saturated heterocycles. The van der Waals surface area contributed by atoms with E-state index in [0.717, 1.165) is 30.7 Å². The first-order valence-electron chi connectivity index (χ1n) is 8.75. The van der Waals surface area contributed by atoms with Crippen molar-refractivity contribution in [2.45, 2.75) is 13.3 Å². The molecule has 1 fully saturated rings. The minimum Gasteiger partial charge on any atom is -0.476 e. The van der Waals surface area contributed by atoms with Gasteiger partial charge in [0.25, 0.3) is 5.56 Å². The third kappa shape index (κ3) is 3.12. The molecule has 3 heterocycles. The average molecular weight is 351 g/mol. The van der Waals surface area contributed by atoms with E-state index in [0.29, 0.717) is 29.7 Å². The number of fused-ring (bicyclic) bond motifs is 1. The summed E-state index contributed by atoms with van der Waals surface area (Å²) < 4.78 is 7.40. The van der Waals surface area contributed by atoms with Crippen LogP contribution in [0, 0.1) is 12.8 Å². The van der Waals surface area contributed by atoms with E-state index in [4.69, 9.17) is 9.72 Å². The summed E-state index contributed by atoms with van der Waals surface area (Å²) in [4.78, 5) is 19.4. The molecule has 4 rings (SSSR count). The van der Waals surface area contributed by atoms with Gasteiger partial charge in [0, 0.05) is 32.1 Å². The predicted molar refractivity (Wildman–Crippen MR) is 99.6 cm³/mol. The van der Waals surface area contributed by atoms with Gasteiger partial charge in [-0.15, -0.1) is 5.10 Å². The topological polar surface area (TPSA) is 73.1 Å². The standard InChI is InChI=1S/C19H21N5O2/c1-13-7-8-17(22-21-13)26-12-14-9-10-24(11-14)19-20-16-6-4-3-5-15(16)18(25)23(19)2/h3-8,14H,9-12H2,1-2H3. The Hall–Kier alpha value is -2.96. The Labute approximate surface area is 151 Å². The van der Waals surface area contributed by atoms with E-state index < -0.39 is 0 Å². The Bertz CT molecular complexity index is 983. The first-order chi connectivity index (χ1) is 12.6. The minimum absolute atomic E-state index is 0.0137. The first-order valence-corrected chi connectivity index (χ1v) is 8.75. The molecule has 26 heavy (non-hydrogen) atoms. The maximum absolute atomic E-state index is 12.6. The second-order valence-corrected chi connectivity index (χ2v) is 6.72. The van der Waals surface area contributed by atoms with Crippen molar-refractivity contribution in [3.63, 3.8) is 0 Å². The highest BCUT2D eigenvalue weighted by molar-refractivity contribution is 5.78. The molecule has 134 valence electrons. The van der Waals surface area contributed by atoms with Gasteiger partial charge in [0.05, 0.1) is 23.2 Å². The molecule has 1 aliphatic rings. The lowest BCUT2D eigenvalue weighted by atomic mass is 10.1. The fraction of sp³-hybridized carbons (Fsp3) is 0.368. The molecule has 1 unspecified atom stereocenters. The van der Waals surface area contributed by atoms with Crippen molar-refractivity contribution in [2.75, 3.05) is 24.6 Å². The summed E-state index contributed by atoms with van der Waals surface area (Å²) in [6.07, 6.45) is 0.988. The predicted octanol–water partition coefficient (Wildman–Crippen LogP) is 1.94. The van der Waals surface area contributed by atoms with E-state index in [1.54, 1.807) is 11.6 Å². The van der Waals surface area contributed by atoms with Gasteiger partial charge in [0.15, 0.2) is 0 Å². The lowest BCUT2D eigenvalue weighted by Crippen LogP contribution is -2.30. The molecule has 2 aromatic heterocycles. The average Bonchev–Trinajstić information content (AvgIpc) is 3.13. The zero-order valence-electron chi connectivity index (χ0n) is 14.9. The van der Waals surface area contributed by atoms with Crippen LogP contribution in [-0.2, 0) is 7.05 Å². The second-order valence-electron chi connectivity index (χ2n) is 6.72. The molecule has 1 atom stereocenters. The second kappa shape index (κ2) is 6.74. The number of ether oxygens (including phenoxy) is 1. The summed E-state index contributed by atoms with van der Waals surface area (Å²) in [6, 6.07) is 11.2. The van der Waals surface area contributed by atoms with Crippen LogP contribution in [0.5, 0.6) is 5.88 Å². The summed E-state index contributed by atoms with van der Waals surface area (Å²) in [7, 11) is 1.78. The molecule has 3 aromatic rings. The highest BCUT2D eigenvalue weighted by Gasteiger charge is 2.26. The zero-order valence-corrected chi connectivity index (χ0v) is 14.9. The van der Waals surface area contributed by atoms with Gasteiger partial charge in [-0.2, -0.15) is 5.10 Å². The Morgan fingerprint density at radius 2 is 2.04 bits per heavy atom. The summed E-state index contributed by atoms with van der Waals surface area (Å²) in [5.41, 5.74) is 1.59. The molecule has 0 N–H and O–H groups in total. The van der Waals surface area contributed by atoms with Crippen LogP contribution in [0.1, 0.15) is 12.1 Å². The molecule has 0 bridgehead atoms. The van der Waals surface area contributed by atoms with E-state index in [9.17, 15) is 4.79 Å². The summed E-state index contributed by atoms with van der Waals surface area (Å²) >= 11 is 0. The van der Waals surface area contributed by atoms with Gasteiger partial charge in [-0.1, -0.05) is 12.1 Å². The number of hydrogen-bond acceptors (Lipinski definition) is 6. The van der Waals surface area contributed by atoms with Gasteiger partial charge in [-0.3, -0.25) is 9.36 Å². The van der Waals surface area contributed by atoms with Crippen LogP contribution in [0.4, 0.5) is 5.95 Å². The zero-order chi connectivity index (χ0) is 18.1. The summed E-state index contributed by atoms with van der Waals surface area (Å²) in [6.45, 7) is 4.13. The molecule has 0 amide bonds. The molecule has 0 saturated carbocycles. The SMILES string of the molecule is Cc1ccc(OCC2CCN(c3nc4ccccc4c(=O)n3C)C2)nn1. The van der Waals surface area contributed by atoms with Crippen molar-refractivity contribution in [3.8, 4) is 5.88 Å². The van der Waals surface area contributed by atoms with Crippen LogP contribution >= 0.6 is 0 Å². The number of para-hydroxylation sites is 1. The third-order valence-corrected chi connectivity index (χ3v) is 4.77. The van der Waals surface area contributed by atoms with Crippen molar-refractivity contribution in [2.24, 2.45) is 13.0 Å². The first kappa shape index (κ1) is 16.5. The molecule has 0 spiro atoms. The smallest absolute Gasteiger partial charge is 0.262 e. The Balaban J connectivity index is 1.48. The molecular weight excluding hydrogens is 330 g/mol. The molecule has 1 aliphatic heterocycles. The number of nitrogens with zero attached hydrogens (tertiary/aromatic N) is 5. The quantitative estimate of drug-likeness (QED) is 0.715. The van der Waals surface area contributed by atoms with Crippen LogP contribution in [0.15, 0.2) is 41.2 Å². The Morgan fingerprint density at radius 3 is 2.85 bits per heavy atom. The highest BCUT2D eigenvalue weighted by atomic mass is 16.5. The van der Waals surface area contributed by atoms with Crippen LogP contribution in [0.3, 0.4) is 0 Å². The maximum atomic E-state index is 12.6. The van der Waals surface area contributed by atoms with Gasteiger partial charge in [-0.05, 0) is 31.5 Å². The van der Waals surface area contributed by atoms with E-state index in [1.807, 2.05) is 43.3 Å². The van der Waals surface area contributed by atoms with Crippen LogP contribution < -0.4 is 15.2 Å². The van der Waals surface area contributed by atoms with Gasteiger partial charge >= 0.3 is 0 Å². The van der Waals surface area contributed by atoms with Crippen molar-refractivity contribution in [1.29, 1.82) is 0 Å². The number of aryl methyl sites for hydroxylation is 1. The summed E-state index contributed by atoms with van der Waals surface area (Å²) in [5, 5.41) is 8.69. The molecule has 7 nitrogen and oxygen atoms in total. The molecule has 0 radical (unpaired) electrons. The van der Waals surface area contributed by atoms with Crippen LogP contribution in [0.2, 0.25) is 0 Å². The Morgan fingerprint density at radius 1 is 1.19 bits per heavy atom. The molecular formula is C19H21N5O2. The number of benzene rings is 1.